The summed E-state index contributed by atoms with van der Waals surface area (Å²) < 4.78 is 1.98. The minimum absolute atomic E-state index is 0.209. The van der Waals surface area contributed by atoms with E-state index in [4.69, 9.17) is 0 Å². The number of hydrogen-bond donors (Lipinski definition) is 0. The molecule has 0 aliphatic carbocycles. The molecule has 3 rings (SSSR count). The largest absolute Gasteiger partial charge is 0.312 e. The topological polar surface area (TPSA) is 51.0 Å². The van der Waals surface area contributed by atoms with Crippen LogP contribution in [-0.4, -0.2) is 27.2 Å². The summed E-state index contributed by atoms with van der Waals surface area (Å²) in [4.78, 5) is 18.4. The fourth-order valence-corrected chi connectivity index (χ4v) is 2.87. The molecule has 1 aliphatic rings. The lowest BCUT2D eigenvalue weighted by atomic mass is 10.1. The number of aromatic nitrogens is 3. The highest BCUT2D eigenvalue weighted by Crippen LogP contribution is 2.26. The van der Waals surface area contributed by atoms with Crippen molar-refractivity contribution in [3.63, 3.8) is 0 Å². The lowest BCUT2D eigenvalue weighted by Crippen LogP contribution is -2.23. The summed E-state index contributed by atoms with van der Waals surface area (Å²) >= 11 is 0. The normalized spacial score (nSPS) is 14.8. The van der Waals surface area contributed by atoms with Crippen LogP contribution in [0, 0.1) is 6.92 Å². The Balaban J connectivity index is 1.93. The van der Waals surface area contributed by atoms with Gasteiger partial charge in [0.05, 0.1) is 0 Å². The Bertz CT molecular complexity index is 677. The maximum atomic E-state index is 11.9. The lowest BCUT2D eigenvalue weighted by Gasteiger charge is -2.16. The second-order valence-corrected chi connectivity index (χ2v) is 5.76. The number of hydrogen-bond acceptors (Lipinski definition) is 3. The molecule has 0 bridgehead atoms. The number of unbranched alkanes of at least 4 members (excludes halogenated alkanes) is 1. The first kappa shape index (κ1) is 14.8. The van der Waals surface area contributed by atoms with Gasteiger partial charge in [-0.1, -0.05) is 25.5 Å². The van der Waals surface area contributed by atoms with Crippen molar-refractivity contribution in [2.45, 2.75) is 46.1 Å². The molecule has 0 atom stereocenters. The summed E-state index contributed by atoms with van der Waals surface area (Å²) in [6.07, 6.45) is 3.80. The molecular formula is C17H22N4O. The maximum absolute atomic E-state index is 11.9. The van der Waals surface area contributed by atoms with E-state index in [1.54, 1.807) is 0 Å². The first-order valence-electron chi connectivity index (χ1n) is 8.01. The molecule has 1 aromatic carbocycles. The van der Waals surface area contributed by atoms with Crippen LogP contribution in [0.15, 0.2) is 24.3 Å². The van der Waals surface area contributed by atoms with Crippen LogP contribution in [0.5, 0.6) is 0 Å². The minimum atomic E-state index is 0.209. The summed E-state index contributed by atoms with van der Waals surface area (Å²) in [6, 6.07) is 8.07. The van der Waals surface area contributed by atoms with Crippen molar-refractivity contribution in [3.8, 4) is 11.4 Å². The first-order valence-corrected chi connectivity index (χ1v) is 8.01. The molecule has 0 radical (unpaired) electrons. The number of aryl methyl sites for hydroxylation is 2. The Morgan fingerprint density at radius 3 is 2.91 bits per heavy atom. The summed E-state index contributed by atoms with van der Waals surface area (Å²) in [5.41, 5.74) is 1.98. The van der Waals surface area contributed by atoms with Crippen LogP contribution in [0.4, 0.5) is 5.69 Å². The number of amides is 1. The quantitative estimate of drug-likeness (QED) is 0.852. The van der Waals surface area contributed by atoms with Gasteiger partial charge in [0.15, 0.2) is 5.82 Å². The van der Waals surface area contributed by atoms with Crippen LogP contribution >= 0.6 is 0 Å². The molecule has 0 saturated carbocycles. The highest BCUT2D eigenvalue weighted by atomic mass is 16.2. The van der Waals surface area contributed by atoms with Crippen molar-refractivity contribution in [1.82, 2.24) is 14.8 Å². The molecule has 22 heavy (non-hydrogen) atoms. The molecule has 2 heterocycles. The molecule has 2 aromatic rings. The molecule has 0 unspecified atom stereocenters. The smallest absolute Gasteiger partial charge is 0.227 e. The van der Waals surface area contributed by atoms with Crippen molar-refractivity contribution in [3.05, 3.63) is 30.1 Å². The maximum Gasteiger partial charge on any atom is 0.227 e. The van der Waals surface area contributed by atoms with Gasteiger partial charge in [-0.25, -0.2) is 9.67 Å². The zero-order valence-electron chi connectivity index (χ0n) is 13.2. The molecule has 1 aliphatic heterocycles. The number of nitrogens with zero attached hydrogens (tertiary/aromatic N) is 4. The molecule has 0 N–H and O–H groups in total. The Morgan fingerprint density at radius 2 is 2.18 bits per heavy atom. The van der Waals surface area contributed by atoms with Crippen LogP contribution in [0.25, 0.3) is 11.4 Å². The molecule has 5 nitrogen and oxygen atoms in total. The summed E-state index contributed by atoms with van der Waals surface area (Å²) in [6.45, 7) is 5.77. The van der Waals surface area contributed by atoms with Gasteiger partial charge in [-0.2, -0.15) is 5.10 Å². The van der Waals surface area contributed by atoms with Gasteiger partial charge in [0.2, 0.25) is 5.91 Å². The van der Waals surface area contributed by atoms with Gasteiger partial charge in [0.1, 0.15) is 5.82 Å². The molecule has 1 aromatic heterocycles. The first-order chi connectivity index (χ1) is 10.7. The third kappa shape index (κ3) is 2.89. The van der Waals surface area contributed by atoms with Gasteiger partial charge in [0, 0.05) is 30.8 Å². The van der Waals surface area contributed by atoms with E-state index in [1.807, 2.05) is 34.7 Å². The van der Waals surface area contributed by atoms with Crippen LogP contribution in [0.1, 0.15) is 38.4 Å². The van der Waals surface area contributed by atoms with E-state index >= 15 is 0 Å². The van der Waals surface area contributed by atoms with Gasteiger partial charge in [0.25, 0.3) is 0 Å². The van der Waals surface area contributed by atoms with E-state index in [2.05, 4.69) is 23.1 Å². The summed E-state index contributed by atoms with van der Waals surface area (Å²) in [7, 11) is 0. The van der Waals surface area contributed by atoms with Crippen LogP contribution < -0.4 is 4.90 Å². The van der Waals surface area contributed by atoms with E-state index in [1.165, 1.54) is 0 Å². The molecule has 0 spiro atoms. The van der Waals surface area contributed by atoms with Gasteiger partial charge in [-0.15, -0.1) is 0 Å². The minimum Gasteiger partial charge on any atom is -0.312 e. The number of anilines is 1. The van der Waals surface area contributed by atoms with Gasteiger partial charge < -0.3 is 4.90 Å². The average molecular weight is 298 g/mol. The molecule has 1 amide bonds. The number of carbonyl (C=O) groups excluding carboxylic acids is 1. The Kier molecular flexibility index (Phi) is 4.22. The van der Waals surface area contributed by atoms with Crippen molar-refractivity contribution < 1.29 is 4.79 Å². The average Bonchev–Trinajstić information content (AvgIpc) is 3.11. The van der Waals surface area contributed by atoms with E-state index < -0.39 is 0 Å². The van der Waals surface area contributed by atoms with E-state index in [0.717, 1.165) is 55.3 Å². The standard InChI is InChI=1S/C17H22N4O/c1-3-4-11-21-17(18-13(2)19-21)14-7-5-8-15(12-14)20-10-6-9-16(20)22/h5,7-8,12H,3-4,6,9-11H2,1-2H3. The monoisotopic (exact) mass is 298 g/mol. The van der Waals surface area contributed by atoms with E-state index in [-0.39, 0.29) is 5.91 Å². The van der Waals surface area contributed by atoms with E-state index in [0.29, 0.717) is 6.42 Å². The molecule has 1 saturated heterocycles. The SMILES string of the molecule is CCCCn1nc(C)nc1-c1cccc(N2CCCC2=O)c1. The number of rotatable bonds is 5. The Morgan fingerprint density at radius 1 is 1.32 bits per heavy atom. The summed E-state index contributed by atoms with van der Waals surface area (Å²) in [5, 5.41) is 4.49. The fraction of sp³-hybridized carbons (Fsp3) is 0.471. The van der Waals surface area contributed by atoms with Gasteiger partial charge in [-0.3, -0.25) is 4.79 Å². The van der Waals surface area contributed by atoms with Crippen LogP contribution in [0.3, 0.4) is 0 Å². The molecule has 1 fully saturated rings. The number of benzene rings is 1. The third-order valence-electron chi connectivity index (χ3n) is 3.99. The Labute approximate surface area is 131 Å². The Hall–Kier alpha value is -2.17. The predicted octanol–water partition coefficient (Wildman–Crippen LogP) is 3.18. The predicted molar refractivity (Wildman–Crippen MR) is 86.7 cm³/mol. The van der Waals surface area contributed by atoms with Crippen LogP contribution in [0.2, 0.25) is 0 Å². The molecule has 116 valence electrons. The van der Waals surface area contributed by atoms with Crippen molar-refractivity contribution in [2.75, 3.05) is 11.4 Å². The van der Waals surface area contributed by atoms with Gasteiger partial charge >= 0.3 is 0 Å². The highest BCUT2D eigenvalue weighted by molar-refractivity contribution is 5.95. The number of carbonyl (C=O) groups is 1. The lowest BCUT2D eigenvalue weighted by molar-refractivity contribution is -0.117. The highest BCUT2D eigenvalue weighted by Gasteiger charge is 2.22. The summed E-state index contributed by atoms with van der Waals surface area (Å²) in [5.74, 6) is 1.88. The van der Waals surface area contributed by atoms with Crippen molar-refractivity contribution in [2.24, 2.45) is 0 Å². The third-order valence-corrected chi connectivity index (χ3v) is 3.99. The zero-order chi connectivity index (χ0) is 15.5. The van der Waals surface area contributed by atoms with Crippen molar-refractivity contribution in [1.29, 1.82) is 0 Å². The van der Waals surface area contributed by atoms with Crippen molar-refractivity contribution >= 4 is 11.6 Å². The van der Waals surface area contributed by atoms with Crippen LogP contribution in [-0.2, 0) is 11.3 Å². The molecular weight excluding hydrogens is 276 g/mol. The fourth-order valence-electron chi connectivity index (χ4n) is 2.87. The molecule has 5 heteroatoms. The second kappa shape index (κ2) is 6.30. The van der Waals surface area contributed by atoms with Gasteiger partial charge in [-0.05, 0) is 31.9 Å². The second-order valence-electron chi connectivity index (χ2n) is 5.76. The van der Waals surface area contributed by atoms with E-state index in [9.17, 15) is 4.79 Å². The zero-order valence-corrected chi connectivity index (χ0v) is 13.2.